The maximum atomic E-state index is 12.6. The first kappa shape index (κ1) is 23.1. The summed E-state index contributed by atoms with van der Waals surface area (Å²) < 4.78 is 15.9. The zero-order valence-corrected chi connectivity index (χ0v) is 18.5. The molecule has 2 N–H and O–H groups in total. The minimum absolute atomic E-state index is 0.0700. The van der Waals surface area contributed by atoms with Gasteiger partial charge in [0.2, 0.25) is 5.91 Å². The van der Waals surface area contributed by atoms with E-state index >= 15 is 0 Å². The molecular formula is C23H22ClNO7. The second kappa shape index (κ2) is 9.74. The first-order valence-electron chi connectivity index (χ1n) is 9.68. The minimum atomic E-state index is -1.19. The van der Waals surface area contributed by atoms with Crippen molar-refractivity contribution in [3.63, 3.8) is 0 Å². The molecule has 2 aromatic carbocycles. The summed E-state index contributed by atoms with van der Waals surface area (Å²) in [6.45, 7) is 1.69. The number of rotatable bonds is 8. The first-order valence-corrected chi connectivity index (χ1v) is 10.1. The minimum Gasteiger partial charge on any atom is -0.493 e. The number of carbonyl (C=O) groups is 2. The molecule has 1 atom stereocenters. The zero-order chi connectivity index (χ0) is 23.4. The largest absolute Gasteiger partial charge is 0.493 e. The molecular weight excluding hydrogens is 438 g/mol. The summed E-state index contributed by atoms with van der Waals surface area (Å²) in [7, 11) is 2.95. The van der Waals surface area contributed by atoms with Gasteiger partial charge in [-0.15, -0.1) is 0 Å². The van der Waals surface area contributed by atoms with Crippen LogP contribution in [0.3, 0.4) is 0 Å². The molecule has 0 fully saturated rings. The topological polar surface area (TPSA) is 115 Å². The number of hydrogen-bond acceptors (Lipinski definition) is 6. The molecule has 1 amide bonds. The number of benzene rings is 2. The Labute approximate surface area is 188 Å². The van der Waals surface area contributed by atoms with Crippen LogP contribution in [-0.2, 0) is 22.4 Å². The number of carbonyl (C=O) groups excluding carboxylic acids is 1. The number of ether oxygens (including phenoxy) is 2. The predicted octanol–water partition coefficient (Wildman–Crippen LogP) is 3.13. The fraction of sp³-hybridized carbons (Fsp3) is 0.261. The standard InChI is InChI=1S/C23H22ClNO7/c1-12-15-9-19(30-2)20(31-3)11-18(15)32-23(29)16(12)10-21(26)25-17(22(27)28)8-13-4-6-14(24)7-5-13/h4-7,9,11,17H,8,10H2,1-3H3,(H,25,26)(H,27,28)/t17-/m1/s1. The first-order chi connectivity index (χ1) is 15.2. The van der Waals surface area contributed by atoms with Gasteiger partial charge in [-0.2, -0.15) is 0 Å². The van der Waals surface area contributed by atoms with Crippen molar-refractivity contribution in [3.05, 3.63) is 68.5 Å². The summed E-state index contributed by atoms with van der Waals surface area (Å²) in [5.74, 6) is -0.949. The van der Waals surface area contributed by atoms with Crippen molar-refractivity contribution in [2.45, 2.75) is 25.8 Å². The molecule has 0 spiro atoms. The smallest absolute Gasteiger partial charge is 0.340 e. The van der Waals surface area contributed by atoms with E-state index in [0.29, 0.717) is 38.6 Å². The molecule has 3 rings (SSSR count). The van der Waals surface area contributed by atoms with Crippen LogP contribution in [0.4, 0.5) is 0 Å². The van der Waals surface area contributed by atoms with Gasteiger partial charge in [-0.25, -0.2) is 9.59 Å². The molecule has 8 nitrogen and oxygen atoms in total. The van der Waals surface area contributed by atoms with Gasteiger partial charge in [-0.3, -0.25) is 4.79 Å². The fourth-order valence-corrected chi connectivity index (χ4v) is 3.51. The van der Waals surface area contributed by atoms with Crippen LogP contribution < -0.4 is 20.4 Å². The maximum absolute atomic E-state index is 12.6. The van der Waals surface area contributed by atoms with E-state index in [4.69, 9.17) is 25.5 Å². The highest BCUT2D eigenvalue weighted by molar-refractivity contribution is 6.30. The van der Waals surface area contributed by atoms with Crippen LogP contribution in [0.1, 0.15) is 16.7 Å². The van der Waals surface area contributed by atoms with Gasteiger partial charge in [0.1, 0.15) is 11.6 Å². The molecule has 0 unspecified atom stereocenters. The van der Waals surface area contributed by atoms with Crippen LogP contribution in [0.25, 0.3) is 11.0 Å². The number of methoxy groups -OCH3 is 2. The molecule has 9 heteroatoms. The Hall–Kier alpha value is -3.52. The van der Waals surface area contributed by atoms with E-state index in [0.717, 1.165) is 0 Å². The highest BCUT2D eigenvalue weighted by atomic mass is 35.5. The normalized spacial score (nSPS) is 11.8. The molecule has 0 bridgehead atoms. The van der Waals surface area contributed by atoms with Crippen LogP contribution in [-0.4, -0.2) is 37.2 Å². The third-order valence-corrected chi connectivity index (χ3v) is 5.37. The predicted molar refractivity (Wildman–Crippen MR) is 119 cm³/mol. The maximum Gasteiger partial charge on any atom is 0.340 e. The molecule has 0 aliphatic carbocycles. The van der Waals surface area contributed by atoms with Gasteiger partial charge in [-0.05, 0) is 36.2 Å². The number of halogens is 1. The van der Waals surface area contributed by atoms with Crippen molar-refractivity contribution >= 4 is 34.4 Å². The van der Waals surface area contributed by atoms with Crippen molar-refractivity contribution in [3.8, 4) is 11.5 Å². The summed E-state index contributed by atoms with van der Waals surface area (Å²) in [6, 6.07) is 8.70. The Morgan fingerprint density at radius 2 is 1.75 bits per heavy atom. The lowest BCUT2D eigenvalue weighted by atomic mass is 10.0. The van der Waals surface area contributed by atoms with Crippen LogP contribution in [0.15, 0.2) is 45.6 Å². The molecule has 0 aliphatic rings. The van der Waals surface area contributed by atoms with Crippen molar-refractivity contribution in [2.75, 3.05) is 14.2 Å². The number of amides is 1. The van der Waals surface area contributed by atoms with Crippen LogP contribution in [0.5, 0.6) is 11.5 Å². The SMILES string of the molecule is COc1cc2oc(=O)c(CC(=O)N[C@H](Cc3ccc(Cl)cc3)C(=O)O)c(C)c2cc1OC. The number of aliphatic carboxylic acids is 1. The van der Waals surface area contributed by atoms with Crippen molar-refractivity contribution in [1.29, 1.82) is 0 Å². The number of aryl methyl sites for hydroxylation is 1. The van der Waals surface area contributed by atoms with E-state index in [-0.39, 0.29) is 18.4 Å². The number of fused-ring (bicyclic) bond motifs is 1. The molecule has 0 radical (unpaired) electrons. The van der Waals surface area contributed by atoms with Gasteiger partial charge in [0, 0.05) is 22.9 Å². The lowest BCUT2D eigenvalue weighted by Crippen LogP contribution is -2.43. The van der Waals surface area contributed by atoms with Crippen LogP contribution in [0, 0.1) is 6.92 Å². The second-order valence-corrected chi connectivity index (χ2v) is 7.60. The van der Waals surface area contributed by atoms with Gasteiger partial charge < -0.3 is 24.3 Å². The third-order valence-electron chi connectivity index (χ3n) is 5.12. The summed E-state index contributed by atoms with van der Waals surface area (Å²) >= 11 is 5.85. The van der Waals surface area contributed by atoms with Crippen molar-refractivity contribution in [1.82, 2.24) is 5.32 Å². The van der Waals surface area contributed by atoms with E-state index in [1.807, 2.05) is 0 Å². The van der Waals surface area contributed by atoms with E-state index in [1.165, 1.54) is 14.2 Å². The van der Waals surface area contributed by atoms with Gasteiger partial charge >= 0.3 is 11.6 Å². The van der Waals surface area contributed by atoms with Gasteiger partial charge in [0.15, 0.2) is 11.5 Å². The summed E-state index contributed by atoms with van der Waals surface area (Å²) in [6.07, 6.45) is -0.261. The molecule has 1 aromatic heterocycles. The van der Waals surface area contributed by atoms with E-state index < -0.39 is 23.5 Å². The fourth-order valence-electron chi connectivity index (χ4n) is 3.38. The van der Waals surface area contributed by atoms with Gasteiger partial charge in [0.05, 0.1) is 26.2 Å². The average Bonchev–Trinajstić information content (AvgIpc) is 2.76. The quantitative estimate of drug-likeness (QED) is 0.497. The second-order valence-electron chi connectivity index (χ2n) is 7.16. The Morgan fingerprint density at radius 3 is 2.34 bits per heavy atom. The van der Waals surface area contributed by atoms with Crippen molar-refractivity contribution < 1.29 is 28.6 Å². The number of hydrogen-bond donors (Lipinski definition) is 2. The van der Waals surface area contributed by atoms with Crippen LogP contribution in [0.2, 0.25) is 5.02 Å². The molecule has 3 aromatic rings. The zero-order valence-electron chi connectivity index (χ0n) is 17.7. The van der Waals surface area contributed by atoms with Gasteiger partial charge in [-0.1, -0.05) is 23.7 Å². The average molecular weight is 460 g/mol. The van der Waals surface area contributed by atoms with Gasteiger partial charge in [0.25, 0.3) is 0 Å². The Bertz CT molecular complexity index is 1220. The van der Waals surface area contributed by atoms with E-state index in [1.54, 1.807) is 43.3 Å². The highest BCUT2D eigenvalue weighted by Gasteiger charge is 2.23. The molecule has 168 valence electrons. The summed E-state index contributed by atoms with van der Waals surface area (Å²) in [5, 5.41) is 13.1. The lowest BCUT2D eigenvalue weighted by Gasteiger charge is -2.16. The van der Waals surface area contributed by atoms with Crippen LogP contribution >= 0.6 is 11.6 Å². The molecule has 0 aliphatic heterocycles. The summed E-state index contributed by atoms with van der Waals surface area (Å²) in [5.41, 5.74) is 0.988. The van der Waals surface area contributed by atoms with E-state index in [9.17, 15) is 19.5 Å². The third kappa shape index (κ3) is 5.03. The highest BCUT2D eigenvalue weighted by Crippen LogP contribution is 2.33. The number of nitrogens with one attached hydrogen (secondary N) is 1. The van der Waals surface area contributed by atoms with E-state index in [2.05, 4.69) is 5.32 Å². The molecule has 0 saturated heterocycles. The monoisotopic (exact) mass is 459 g/mol. The molecule has 0 saturated carbocycles. The molecule has 1 heterocycles. The van der Waals surface area contributed by atoms with Crippen molar-refractivity contribution in [2.24, 2.45) is 0 Å². The molecule has 32 heavy (non-hydrogen) atoms. The Balaban J connectivity index is 1.85. The lowest BCUT2D eigenvalue weighted by molar-refractivity contribution is -0.141. The number of carboxylic acid groups (broad SMARTS) is 1. The Kier molecular flexibility index (Phi) is 7.05. The summed E-state index contributed by atoms with van der Waals surface area (Å²) in [4.78, 5) is 36.8. The Morgan fingerprint density at radius 1 is 1.12 bits per heavy atom. The number of carboxylic acids is 1.